The summed E-state index contributed by atoms with van der Waals surface area (Å²) >= 11 is 0. The van der Waals surface area contributed by atoms with Crippen LogP contribution in [-0.4, -0.2) is 51.0 Å². The van der Waals surface area contributed by atoms with Crippen LogP contribution in [0.25, 0.3) is 11.2 Å². The van der Waals surface area contributed by atoms with Gasteiger partial charge in [-0.2, -0.15) is 36.3 Å². The fraction of sp³-hybridized carbons (Fsp3) is 0.259. The predicted molar refractivity (Wildman–Crippen MR) is 143 cm³/mol. The third-order valence-corrected chi connectivity index (χ3v) is 5.99. The third-order valence-electron chi connectivity index (χ3n) is 5.99. The summed E-state index contributed by atoms with van der Waals surface area (Å²) in [6, 6.07) is 7.36. The van der Waals surface area contributed by atoms with E-state index in [1.165, 1.54) is 6.92 Å². The van der Waals surface area contributed by atoms with E-state index in [0.29, 0.717) is 12.1 Å². The molecule has 2 aromatic heterocycles. The number of ether oxygens (including phenoxy) is 1. The summed E-state index contributed by atoms with van der Waals surface area (Å²) in [6.07, 6.45) is -13.8. The molecule has 2 heterocycles. The molecule has 10 nitrogen and oxygen atoms in total. The Hall–Kier alpha value is -5.00. The van der Waals surface area contributed by atoms with Gasteiger partial charge >= 0.3 is 12.4 Å². The molecule has 2 amide bonds. The molecule has 0 radical (unpaired) electrons. The largest absolute Gasteiger partial charge is 0.471 e. The summed E-state index contributed by atoms with van der Waals surface area (Å²) in [5.74, 6) is -2.70. The Balaban J connectivity index is 1.66. The first-order valence-corrected chi connectivity index (χ1v) is 12.7. The molecule has 5 N–H and O–H groups in total. The van der Waals surface area contributed by atoms with E-state index in [9.17, 15) is 49.8 Å². The molecule has 0 aliphatic heterocycles. The zero-order chi connectivity index (χ0) is 33.1. The number of aromatic amines is 1. The monoisotopic (exact) mass is 646 g/mol. The Labute approximate surface area is 247 Å². The lowest BCUT2D eigenvalue weighted by atomic mass is 10.1. The molecule has 0 bridgehead atoms. The Bertz CT molecular complexity index is 1690. The van der Waals surface area contributed by atoms with E-state index in [1.807, 2.05) is 0 Å². The van der Waals surface area contributed by atoms with E-state index >= 15 is 0 Å². The lowest BCUT2D eigenvalue weighted by Crippen LogP contribution is -2.32. The first-order chi connectivity index (χ1) is 21.0. The van der Waals surface area contributed by atoms with Crippen LogP contribution >= 0.6 is 0 Å². The normalized spacial score (nSPS) is 12.7. The summed E-state index contributed by atoms with van der Waals surface area (Å²) in [6.45, 7) is -0.208. The summed E-state index contributed by atoms with van der Waals surface area (Å²) < 4.78 is 111. The van der Waals surface area contributed by atoms with Crippen LogP contribution in [0.15, 0.2) is 48.5 Å². The van der Waals surface area contributed by atoms with Gasteiger partial charge in [-0.25, -0.2) is 8.78 Å². The molecular formula is C27H22F8N6O4. The fourth-order valence-corrected chi connectivity index (χ4v) is 3.86. The SMILES string of the molecule is CC(O)C(=O)NCc1ccc(C(F)(F)F)c(Nc2nc3nc(OCC(F)F)c(C(=O)Nc4ccc(C(F)(F)F)cc4)cc3[nH]2)c1. The number of anilines is 3. The van der Waals surface area contributed by atoms with Gasteiger partial charge in [-0.15, -0.1) is 0 Å². The van der Waals surface area contributed by atoms with E-state index in [0.717, 1.165) is 36.4 Å². The second kappa shape index (κ2) is 12.9. The zero-order valence-corrected chi connectivity index (χ0v) is 22.8. The molecule has 45 heavy (non-hydrogen) atoms. The number of rotatable bonds is 10. The number of hydrogen-bond donors (Lipinski definition) is 5. The van der Waals surface area contributed by atoms with Crippen molar-refractivity contribution in [2.75, 3.05) is 17.2 Å². The van der Waals surface area contributed by atoms with Crippen molar-refractivity contribution < 1.29 is 54.6 Å². The van der Waals surface area contributed by atoms with Gasteiger partial charge < -0.3 is 30.8 Å². The number of aliphatic hydroxyl groups is 1. The highest BCUT2D eigenvalue weighted by Crippen LogP contribution is 2.37. The number of benzene rings is 2. The van der Waals surface area contributed by atoms with Crippen LogP contribution < -0.4 is 20.7 Å². The molecule has 18 heteroatoms. The van der Waals surface area contributed by atoms with Crippen LogP contribution in [0.1, 0.15) is 34.0 Å². The number of H-pyrrole nitrogens is 1. The van der Waals surface area contributed by atoms with Crippen molar-refractivity contribution in [3.05, 3.63) is 70.8 Å². The van der Waals surface area contributed by atoms with Gasteiger partial charge in [0, 0.05) is 12.2 Å². The van der Waals surface area contributed by atoms with Crippen molar-refractivity contribution in [3.63, 3.8) is 0 Å². The summed E-state index contributed by atoms with van der Waals surface area (Å²) in [5, 5.41) is 16.4. The Kier molecular flexibility index (Phi) is 9.45. The molecule has 0 aliphatic rings. The second-order valence-corrected chi connectivity index (χ2v) is 9.43. The highest BCUT2D eigenvalue weighted by atomic mass is 19.4. The van der Waals surface area contributed by atoms with Crippen molar-refractivity contribution in [2.24, 2.45) is 0 Å². The topological polar surface area (TPSA) is 141 Å². The number of amides is 2. The highest BCUT2D eigenvalue weighted by molar-refractivity contribution is 6.07. The van der Waals surface area contributed by atoms with Crippen molar-refractivity contribution in [1.29, 1.82) is 0 Å². The zero-order valence-electron chi connectivity index (χ0n) is 22.8. The molecule has 0 fully saturated rings. The number of nitrogens with one attached hydrogen (secondary N) is 4. The number of fused-ring (bicyclic) bond motifs is 1. The van der Waals surface area contributed by atoms with Crippen LogP contribution in [0.5, 0.6) is 5.88 Å². The van der Waals surface area contributed by atoms with E-state index < -0.39 is 71.6 Å². The highest BCUT2D eigenvalue weighted by Gasteiger charge is 2.34. The van der Waals surface area contributed by atoms with Crippen molar-refractivity contribution in [2.45, 2.75) is 38.4 Å². The van der Waals surface area contributed by atoms with Crippen LogP contribution in [0.4, 0.5) is 52.4 Å². The third kappa shape index (κ3) is 8.34. The molecule has 0 saturated carbocycles. The van der Waals surface area contributed by atoms with Gasteiger partial charge in [0.1, 0.15) is 11.7 Å². The van der Waals surface area contributed by atoms with Gasteiger partial charge in [0.05, 0.1) is 22.3 Å². The van der Waals surface area contributed by atoms with Crippen molar-refractivity contribution in [3.8, 4) is 5.88 Å². The smallest absolute Gasteiger partial charge is 0.418 e. The minimum absolute atomic E-state index is 0.0478. The number of alkyl halides is 8. The maximum Gasteiger partial charge on any atom is 0.418 e. The van der Waals surface area contributed by atoms with Gasteiger partial charge in [-0.05, 0) is 55.0 Å². The number of pyridine rings is 1. The molecule has 0 aliphatic carbocycles. The number of halogens is 8. The van der Waals surface area contributed by atoms with E-state index in [4.69, 9.17) is 4.74 Å². The molecule has 4 aromatic rings. The van der Waals surface area contributed by atoms with Gasteiger partial charge in [-0.3, -0.25) is 9.59 Å². The quantitative estimate of drug-likeness (QED) is 0.141. The minimum Gasteiger partial charge on any atom is -0.471 e. The predicted octanol–water partition coefficient (Wildman–Crippen LogP) is 5.63. The second-order valence-electron chi connectivity index (χ2n) is 9.43. The summed E-state index contributed by atoms with van der Waals surface area (Å²) in [7, 11) is 0. The van der Waals surface area contributed by atoms with Crippen LogP contribution in [0.3, 0.4) is 0 Å². The molecule has 0 saturated heterocycles. The minimum atomic E-state index is -4.83. The molecule has 240 valence electrons. The Morgan fingerprint density at radius 2 is 1.67 bits per heavy atom. The number of carbonyl (C=O) groups is 2. The lowest BCUT2D eigenvalue weighted by molar-refractivity contribution is -0.138. The van der Waals surface area contributed by atoms with Crippen molar-refractivity contribution in [1.82, 2.24) is 20.3 Å². The van der Waals surface area contributed by atoms with E-state index in [-0.39, 0.29) is 34.9 Å². The molecule has 2 aromatic carbocycles. The number of imidazole rings is 1. The van der Waals surface area contributed by atoms with E-state index in [2.05, 4.69) is 30.9 Å². The fourth-order valence-electron chi connectivity index (χ4n) is 3.86. The van der Waals surface area contributed by atoms with E-state index in [1.54, 1.807) is 0 Å². The number of carbonyl (C=O) groups excluding carboxylic acids is 2. The average Bonchev–Trinajstić information content (AvgIpc) is 3.34. The summed E-state index contributed by atoms with van der Waals surface area (Å²) in [5.41, 5.74) is -3.19. The Morgan fingerprint density at radius 3 is 2.27 bits per heavy atom. The number of aromatic nitrogens is 3. The van der Waals surface area contributed by atoms with Gasteiger partial charge in [0.25, 0.3) is 12.3 Å². The molecule has 0 spiro atoms. The number of hydrogen-bond acceptors (Lipinski definition) is 7. The number of nitrogens with zero attached hydrogens (tertiary/aromatic N) is 2. The van der Waals surface area contributed by atoms with Crippen LogP contribution in [-0.2, 0) is 23.7 Å². The first-order valence-electron chi connectivity index (χ1n) is 12.7. The number of aliphatic hydroxyl groups excluding tert-OH is 1. The van der Waals surface area contributed by atoms with Crippen LogP contribution in [0, 0.1) is 0 Å². The molecular weight excluding hydrogens is 624 g/mol. The van der Waals surface area contributed by atoms with Crippen LogP contribution in [0.2, 0.25) is 0 Å². The standard InChI is InChI=1S/C27H22F8N6O4/c1-12(42)22(43)36-10-13-2-7-17(27(33,34)35)18(8-13)38-25-39-19-9-16(24(40-21(19)41-25)45-11-20(28)29)23(44)37-15-5-3-14(4-6-15)26(30,31)32/h2-9,12,20,42H,10-11H2,1H3,(H,36,43)(H,37,44)(H2,38,39,40,41). The summed E-state index contributed by atoms with van der Waals surface area (Å²) in [4.78, 5) is 35.2. The van der Waals surface area contributed by atoms with Gasteiger partial charge in [-0.1, -0.05) is 6.07 Å². The Morgan fingerprint density at radius 1 is 0.978 bits per heavy atom. The van der Waals surface area contributed by atoms with Gasteiger partial charge in [0.2, 0.25) is 17.7 Å². The molecule has 1 unspecified atom stereocenters. The average molecular weight is 646 g/mol. The maximum atomic E-state index is 13.7. The lowest BCUT2D eigenvalue weighted by Gasteiger charge is -2.15. The first kappa shape index (κ1) is 32.9. The van der Waals surface area contributed by atoms with Gasteiger partial charge in [0.15, 0.2) is 12.3 Å². The van der Waals surface area contributed by atoms with Crippen molar-refractivity contribution >= 4 is 40.3 Å². The molecule has 4 rings (SSSR count). The molecule has 1 atom stereocenters. The maximum absolute atomic E-state index is 13.7.